The first-order valence-electron chi connectivity index (χ1n) is 8.31. The molecule has 0 radical (unpaired) electrons. The maximum atomic E-state index is 5.43. The van der Waals surface area contributed by atoms with Crippen LogP contribution in [0.25, 0.3) is 0 Å². The average Bonchev–Trinajstić information content (AvgIpc) is 3.20. The smallest absolute Gasteiger partial charge is 0.119 e. The van der Waals surface area contributed by atoms with Crippen molar-refractivity contribution in [1.82, 2.24) is 5.32 Å². The molecule has 2 heteroatoms. The molecule has 0 heterocycles. The summed E-state index contributed by atoms with van der Waals surface area (Å²) in [4.78, 5) is 0. The van der Waals surface area contributed by atoms with Gasteiger partial charge in [0.15, 0.2) is 0 Å². The summed E-state index contributed by atoms with van der Waals surface area (Å²) in [5, 5.41) is 3.77. The first-order valence-corrected chi connectivity index (χ1v) is 8.31. The molecule has 2 nitrogen and oxygen atoms in total. The minimum Gasteiger partial charge on any atom is -0.497 e. The van der Waals surface area contributed by atoms with Crippen LogP contribution in [0.3, 0.4) is 0 Å². The summed E-state index contributed by atoms with van der Waals surface area (Å²) in [7, 11) is 1.76. The molecule has 0 amide bonds. The Morgan fingerprint density at radius 1 is 1.24 bits per heavy atom. The van der Waals surface area contributed by atoms with E-state index < -0.39 is 0 Å². The molecule has 0 spiro atoms. The molecule has 1 N–H and O–H groups in total. The Balaban J connectivity index is 1.79. The van der Waals surface area contributed by atoms with E-state index in [0.717, 1.165) is 24.3 Å². The van der Waals surface area contributed by atoms with Crippen LogP contribution >= 0.6 is 0 Å². The molecule has 2 saturated carbocycles. The Bertz CT molecular complexity index is 493. The summed E-state index contributed by atoms with van der Waals surface area (Å²) < 4.78 is 5.43. The van der Waals surface area contributed by atoms with Gasteiger partial charge in [-0.1, -0.05) is 32.9 Å². The Morgan fingerprint density at radius 3 is 2.52 bits per heavy atom. The highest BCUT2D eigenvalue weighted by Crippen LogP contribution is 2.54. The lowest BCUT2D eigenvalue weighted by Crippen LogP contribution is -2.52. The summed E-state index contributed by atoms with van der Waals surface area (Å²) in [5.41, 5.74) is 2.19. The van der Waals surface area contributed by atoms with Crippen LogP contribution in [-0.2, 0) is 5.41 Å². The van der Waals surface area contributed by atoms with E-state index >= 15 is 0 Å². The van der Waals surface area contributed by atoms with Crippen LogP contribution in [0.5, 0.6) is 5.75 Å². The Hall–Kier alpha value is -1.02. The minimum atomic E-state index is 0.315. The van der Waals surface area contributed by atoms with Gasteiger partial charge in [-0.15, -0.1) is 0 Å². The lowest BCUT2D eigenvalue weighted by Gasteiger charge is -2.53. The predicted octanol–water partition coefficient (Wildman–Crippen LogP) is 4.14. The molecular formula is C19H29NO. The standard InChI is InChI=1S/C19H29NO/c1-18(2,3)15-11-19(12-15,13-20-16-8-9-16)14-6-5-7-17(10-14)21-4/h5-7,10,15-16,20H,8-9,11-13H2,1-4H3. The Morgan fingerprint density at radius 2 is 1.95 bits per heavy atom. The number of hydrogen-bond acceptors (Lipinski definition) is 2. The van der Waals surface area contributed by atoms with Crippen LogP contribution in [-0.4, -0.2) is 19.7 Å². The van der Waals surface area contributed by atoms with E-state index in [1.807, 2.05) is 6.07 Å². The van der Waals surface area contributed by atoms with E-state index in [1.54, 1.807) is 7.11 Å². The number of benzene rings is 1. The SMILES string of the molecule is COc1cccc(C2(CNC3CC3)CC(C(C)(C)C)C2)c1. The van der Waals surface area contributed by atoms with E-state index in [9.17, 15) is 0 Å². The molecule has 1 aromatic rings. The zero-order valence-electron chi connectivity index (χ0n) is 13.9. The van der Waals surface area contributed by atoms with E-state index in [1.165, 1.54) is 31.2 Å². The van der Waals surface area contributed by atoms with Gasteiger partial charge in [0.05, 0.1) is 7.11 Å². The predicted molar refractivity (Wildman–Crippen MR) is 87.9 cm³/mol. The van der Waals surface area contributed by atoms with Crippen molar-refractivity contribution >= 4 is 0 Å². The van der Waals surface area contributed by atoms with Crippen molar-refractivity contribution in [2.75, 3.05) is 13.7 Å². The number of nitrogens with one attached hydrogen (secondary N) is 1. The second-order valence-corrected chi connectivity index (χ2v) is 8.14. The van der Waals surface area contributed by atoms with Crippen LogP contribution in [0.2, 0.25) is 0 Å². The number of ether oxygens (including phenoxy) is 1. The van der Waals surface area contributed by atoms with Crippen LogP contribution in [0, 0.1) is 11.3 Å². The van der Waals surface area contributed by atoms with Gasteiger partial charge in [0.25, 0.3) is 0 Å². The monoisotopic (exact) mass is 287 g/mol. The van der Waals surface area contributed by atoms with Crippen LogP contribution in [0.4, 0.5) is 0 Å². The molecule has 2 fully saturated rings. The van der Waals surface area contributed by atoms with Gasteiger partial charge < -0.3 is 10.1 Å². The highest BCUT2D eigenvalue weighted by atomic mass is 16.5. The Labute approximate surface area is 129 Å². The molecule has 21 heavy (non-hydrogen) atoms. The van der Waals surface area contributed by atoms with Crippen molar-refractivity contribution in [3.8, 4) is 5.75 Å². The molecular weight excluding hydrogens is 258 g/mol. The molecule has 116 valence electrons. The maximum absolute atomic E-state index is 5.43. The van der Waals surface area contributed by atoms with E-state index in [0.29, 0.717) is 10.8 Å². The third kappa shape index (κ3) is 3.11. The fourth-order valence-corrected chi connectivity index (χ4v) is 3.56. The zero-order chi connectivity index (χ0) is 15.1. The topological polar surface area (TPSA) is 21.3 Å². The quantitative estimate of drug-likeness (QED) is 0.878. The van der Waals surface area contributed by atoms with Gasteiger partial charge in [-0.25, -0.2) is 0 Å². The fourth-order valence-electron chi connectivity index (χ4n) is 3.56. The van der Waals surface area contributed by atoms with Gasteiger partial charge in [-0.2, -0.15) is 0 Å². The summed E-state index contributed by atoms with van der Waals surface area (Å²) >= 11 is 0. The third-order valence-electron chi connectivity index (χ3n) is 5.49. The normalized spacial score (nSPS) is 29.0. The van der Waals surface area contributed by atoms with Crippen LogP contribution in [0.15, 0.2) is 24.3 Å². The van der Waals surface area contributed by atoms with Crippen LogP contribution < -0.4 is 10.1 Å². The van der Waals surface area contributed by atoms with Gasteiger partial charge in [0, 0.05) is 18.0 Å². The first-order chi connectivity index (χ1) is 9.93. The van der Waals surface area contributed by atoms with Crippen molar-refractivity contribution in [2.24, 2.45) is 11.3 Å². The molecule has 0 unspecified atom stereocenters. The molecule has 0 aliphatic heterocycles. The average molecular weight is 287 g/mol. The third-order valence-corrected chi connectivity index (χ3v) is 5.49. The highest BCUT2D eigenvalue weighted by Gasteiger charge is 2.49. The van der Waals surface area contributed by atoms with Crippen LogP contribution in [0.1, 0.15) is 52.0 Å². The summed E-state index contributed by atoms with van der Waals surface area (Å²) in [6.07, 6.45) is 5.31. The molecule has 0 aromatic heterocycles. The maximum Gasteiger partial charge on any atom is 0.119 e. The van der Waals surface area contributed by atoms with Gasteiger partial charge in [0.1, 0.15) is 5.75 Å². The Kier molecular flexibility index (Phi) is 3.77. The zero-order valence-corrected chi connectivity index (χ0v) is 13.9. The second-order valence-electron chi connectivity index (χ2n) is 8.14. The van der Waals surface area contributed by atoms with Crippen molar-refractivity contribution < 1.29 is 4.74 Å². The molecule has 0 atom stereocenters. The number of rotatable bonds is 5. The highest BCUT2D eigenvalue weighted by molar-refractivity contribution is 5.36. The van der Waals surface area contributed by atoms with E-state index in [2.05, 4.69) is 44.3 Å². The minimum absolute atomic E-state index is 0.315. The summed E-state index contributed by atoms with van der Waals surface area (Å²) in [6, 6.07) is 9.49. The lowest BCUT2D eigenvalue weighted by molar-refractivity contribution is 0.0445. The van der Waals surface area contributed by atoms with Crippen molar-refractivity contribution in [1.29, 1.82) is 0 Å². The van der Waals surface area contributed by atoms with E-state index in [4.69, 9.17) is 4.74 Å². The lowest BCUT2D eigenvalue weighted by atomic mass is 9.52. The van der Waals surface area contributed by atoms with Crippen molar-refractivity contribution in [3.05, 3.63) is 29.8 Å². The molecule has 3 rings (SSSR count). The van der Waals surface area contributed by atoms with Crippen molar-refractivity contribution in [2.45, 2.75) is 57.9 Å². The molecule has 2 aliphatic rings. The largest absolute Gasteiger partial charge is 0.497 e. The van der Waals surface area contributed by atoms with Gasteiger partial charge in [-0.05, 0) is 54.7 Å². The first kappa shape index (κ1) is 14.9. The number of methoxy groups -OCH3 is 1. The van der Waals surface area contributed by atoms with Gasteiger partial charge in [-0.3, -0.25) is 0 Å². The van der Waals surface area contributed by atoms with Crippen molar-refractivity contribution in [3.63, 3.8) is 0 Å². The number of hydrogen-bond donors (Lipinski definition) is 1. The molecule has 0 saturated heterocycles. The van der Waals surface area contributed by atoms with Gasteiger partial charge in [0.2, 0.25) is 0 Å². The molecule has 2 aliphatic carbocycles. The fraction of sp³-hybridized carbons (Fsp3) is 0.684. The second kappa shape index (κ2) is 5.31. The summed E-state index contributed by atoms with van der Waals surface area (Å²) in [5.74, 6) is 1.81. The van der Waals surface area contributed by atoms with Gasteiger partial charge >= 0.3 is 0 Å². The molecule has 1 aromatic carbocycles. The van der Waals surface area contributed by atoms with E-state index in [-0.39, 0.29) is 0 Å². The summed E-state index contributed by atoms with van der Waals surface area (Å²) in [6.45, 7) is 8.25. The molecule has 0 bridgehead atoms.